The third-order valence-electron chi connectivity index (χ3n) is 4.84. The Balaban J connectivity index is 1.70. The van der Waals surface area contributed by atoms with E-state index in [2.05, 4.69) is 10.4 Å². The first-order valence-corrected chi connectivity index (χ1v) is 8.38. The average Bonchev–Trinajstić information content (AvgIpc) is 3.01. The van der Waals surface area contributed by atoms with E-state index in [0.29, 0.717) is 25.6 Å². The molecule has 0 spiro atoms. The Labute approximate surface area is 139 Å². The van der Waals surface area contributed by atoms with Gasteiger partial charge in [-0.05, 0) is 24.3 Å². The van der Waals surface area contributed by atoms with Gasteiger partial charge in [-0.3, -0.25) is 9.48 Å². The van der Waals surface area contributed by atoms with Gasteiger partial charge in [0.15, 0.2) is 0 Å². The van der Waals surface area contributed by atoms with Crippen LogP contribution in [0.4, 0.5) is 13.2 Å². The van der Waals surface area contributed by atoms with Crippen LogP contribution in [0.5, 0.6) is 0 Å². The number of carbonyl (C=O) groups is 1. The summed E-state index contributed by atoms with van der Waals surface area (Å²) in [5, 5.41) is 7.34. The van der Waals surface area contributed by atoms with Gasteiger partial charge in [0.1, 0.15) is 0 Å². The van der Waals surface area contributed by atoms with Crippen LogP contribution in [-0.2, 0) is 11.8 Å². The molecule has 134 valence electrons. The molecule has 0 aromatic carbocycles. The van der Waals surface area contributed by atoms with Crippen molar-refractivity contribution in [3.05, 3.63) is 18.0 Å². The van der Waals surface area contributed by atoms with E-state index in [-0.39, 0.29) is 24.3 Å². The van der Waals surface area contributed by atoms with Crippen LogP contribution in [0.25, 0.3) is 0 Å². The number of nitrogens with zero attached hydrogens (tertiary/aromatic N) is 3. The number of halogens is 3. The largest absolute Gasteiger partial charge is 0.390 e. The zero-order chi connectivity index (χ0) is 17.3. The van der Waals surface area contributed by atoms with Gasteiger partial charge in [0.2, 0.25) is 5.91 Å². The molecule has 1 saturated heterocycles. The lowest BCUT2D eigenvalue weighted by Gasteiger charge is -2.28. The lowest BCUT2D eigenvalue weighted by molar-refractivity contribution is -0.147. The number of hydrogen-bond acceptors (Lipinski definition) is 3. The summed E-state index contributed by atoms with van der Waals surface area (Å²) in [5.41, 5.74) is 0.961. The summed E-state index contributed by atoms with van der Waals surface area (Å²) in [6.45, 7) is 1.37. The highest BCUT2D eigenvalue weighted by atomic mass is 19.4. The van der Waals surface area contributed by atoms with Crippen LogP contribution in [-0.4, -0.2) is 52.9 Å². The molecule has 1 amide bonds. The van der Waals surface area contributed by atoms with Gasteiger partial charge in [0.05, 0.1) is 18.5 Å². The van der Waals surface area contributed by atoms with Crippen molar-refractivity contribution in [2.24, 2.45) is 18.9 Å². The minimum Gasteiger partial charge on any atom is -0.342 e. The van der Waals surface area contributed by atoms with E-state index in [4.69, 9.17) is 0 Å². The summed E-state index contributed by atoms with van der Waals surface area (Å²) in [5.74, 6) is -0.140. The van der Waals surface area contributed by atoms with E-state index in [1.807, 2.05) is 13.2 Å². The zero-order valence-corrected chi connectivity index (χ0v) is 13.7. The number of nitrogens with one attached hydrogen (secondary N) is 1. The number of hydrogen-bond donors (Lipinski definition) is 1. The Bertz CT molecular complexity index is 582. The Morgan fingerprint density at radius 2 is 2.17 bits per heavy atom. The summed E-state index contributed by atoms with van der Waals surface area (Å²) >= 11 is 0. The number of aromatic nitrogens is 2. The third kappa shape index (κ3) is 4.28. The molecule has 8 heteroatoms. The third-order valence-corrected chi connectivity index (χ3v) is 4.84. The standard InChI is InChI=1S/C16H23F3N4O/c1-22-10-12(6-21-22)13-7-20-8-14(13)15(24)23(9-11-2-3-11)5-4-16(17,18)19/h6,10-11,13-14,20H,2-5,7-9H2,1H3/t13-,14+/m1/s1. The summed E-state index contributed by atoms with van der Waals surface area (Å²) in [6.07, 6.45) is 0.440. The van der Waals surface area contributed by atoms with Gasteiger partial charge in [-0.15, -0.1) is 0 Å². The maximum atomic E-state index is 12.9. The maximum Gasteiger partial charge on any atom is 0.390 e. The molecule has 2 aliphatic rings. The highest BCUT2D eigenvalue weighted by molar-refractivity contribution is 5.80. The molecule has 2 atom stereocenters. The summed E-state index contributed by atoms with van der Waals surface area (Å²) in [4.78, 5) is 14.3. The van der Waals surface area contributed by atoms with E-state index >= 15 is 0 Å². The molecule has 1 N–H and O–H groups in total. The van der Waals surface area contributed by atoms with E-state index in [1.54, 1.807) is 10.9 Å². The van der Waals surface area contributed by atoms with E-state index in [1.165, 1.54) is 4.90 Å². The second-order valence-electron chi connectivity index (χ2n) is 6.91. The molecule has 1 aliphatic carbocycles. The molecule has 24 heavy (non-hydrogen) atoms. The van der Waals surface area contributed by atoms with Gasteiger partial charge in [-0.2, -0.15) is 18.3 Å². The number of amides is 1. The topological polar surface area (TPSA) is 50.2 Å². The molecule has 0 unspecified atom stereocenters. The van der Waals surface area contributed by atoms with Crippen molar-refractivity contribution in [2.45, 2.75) is 31.4 Å². The van der Waals surface area contributed by atoms with Gasteiger partial charge in [-0.1, -0.05) is 0 Å². The lowest BCUT2D eigenvalue weighted by atomic mass is 9.89. The molecule has 1 aromatic heterocycles. The number of alkyl halides is 3. The zero-order valence-electron chi connectivity index (χ0n) is 13.7. The maximum absolute atomic E-state index is 12.9. The highest BCUT2D eigenvalue weighted by Crippen LogP contribution is 2.34. The Morgan fingerprint density at radius 3 is 2.75 bits per heavy atom. The number of carbonyl (C=O) groups excluding carboxylic acids is 1. The van der Waals surface area contributed by atoms with Gasteiger partial charge in [0.25, 0.3) is 0 Å². The van der Waals surface area contributed by atoms with Crippen LogP contribution in [0.2, 0.25) is 0 Å². The van der Waals surface area contributed by atoms with E-state index in [9.17, 15) is 18.0 Å². The van der Waals surface area contributed by atoms with Gasteiger partial charge < -0.3 is 10.2 Å². The predicted octanol–water partition coefficient (Wildman–Crippen LogP) is 1.91. The van der Waals surface area contributed by atoms with Crippen molar-refractivity contribution < 1.29 is 18.0 Å². The van der Waals surface area contributed by atoms with Crippen molar-refractivity contribution in [1.82, 2.24) is 20.0 Å². The Kier molecular flexibility index (Phi) is 4.85. The molecular weight excluding hydrogens is 321 g/mol. The smallest absolute Gasteiger partial charge is 0.342 e. The molecular formula is C16H23F3N4O. The van der Waals surface area contributed by atoms with E-state index < -0.39 is 12.6 Å². The second-order valence-corrected chi connectivity index (χ2v) is 6.91. The highest BCUT2D eigenvalue weighted by Gasteiger charge is 2.39. The first-order chi connectivity index (χ1) is 11.3. The first-order valence-electron chi connectivity index (χ1n) is 8.38. The first kappa shape index (κ1) is 17.3. The molecule has 2 fully saturated rings. The molecule has 3 rings (SSSR count). The Morgan fingerprint density at radius 1 is 1.42 bits per heavy atom. The fourth-order valence-corrected chi connectivity index (χ4v) is 3.32. The quantitative estimate of drug-likeness (QED) is 0.858. The molecule has 5 nitrogen and oxygen atoms in total. The average molecular weight is 344 g/mol. The predicted molar refractivity (Wildman–Crippen MR) is 82.3 cm³/mol. The Hall–Kier alpha value is -1.57. The molecule has 1 aliphatic heterocycles. The van der Waals surface area contributed by atoms with Gasteiger partial charge in [0, 0.05) is 45.3 Å². The SMILES string of the molecule is Cn1cc([C@H]2CNC[C@@H]2C(=O)N(CCC(F)(F)F)CC2CC2)cn1. The molecule has 1 saturated carbocycles. The lowest BCUT2D eigenvalue weighted by Crippen LogP contribution is -2.41. The molecule has 0 radical (unpaired) electrons. The van der Waals surface area contributed by atoms with Crippen LogP contribution in [0, 0.1) is 11.8 Å². The van der Waals surface area contributed by atoms with Crippen molar-refractivity contribution in [2.75, 3.05) is 26.2 Å². The monoisotopic (exact) mass is 344 g/mol. The number of rotatable bonds is 6. The second kappa shape index (κ2) is 6.74. The van der Waals surface area contributed by atoms with Crippen LogP contribution >= 0.6 is 0 Å². The van der Waals surface area contributed by atoms with Crippen LogP contribution in [0.3, 0.4) is 0 Å². The normalized spacial score (nSPS) is 24.3. The summed E-state index contributed by atoms with van der Waals surface area (Å²) in [7, 11) is 1.81. The number of aryl methyl sites for hydroxylation is 1. The minimum atomic E-state index is -4.24. The summed E-state index contributed by atoms with van der Waals surface area (Å²) < 4.78 is 39.5. The van der Waals surface area contributed by atoms with Crippen molar-refractivity contribution in [1.29, 1.82) is 0 Å². The van der Waals surface area contributed by atoms with Crippen molar-refractivity contribution in [3.8, 4) is 0 Å². The van der Waals surface area contributed by atoms with Crippen molar-refractivity contribution in [3.63, 3.8) is 0 Å². The van der Waals surface area contributed by atoms with Crippen LogP contribution < -0.4 is 5.32 Å². The van der Waals surface area contributed by atoms with E-state index in [0.717, 1.165) is 18.4 Å². The summed E-state index contributed by atoms with van der Waals surface area (Å²) in [6, 6.07) is 0. The van der Waals surface area contributed by atoms with Crippen LogP contribution in [0.15, 0.2) is 12.4 Å². The fourth-order valence-electron chi connectivity index (χ4n) is 3.32. The van der Waals surface area contributed by atoms with Crippen LogP contribution in [0.1, 0.15) is 30.7 Å². The van der Waals surface area contributed by atoms with Crippen molar-refractivity contribution >= 4 is 5.91 Å². The molecule has 2 heterocycles. The minimum absolute atomic E-state index is 0.0289. The molecule has 1 aromatic rings. The molecule has 0 bridgehead atoms. The van der Waals surface area contributed by atoms with Gasteiger partial charge >= 0.3 is 6.18 Å². The van der Waals surface area contributed by atoms with Gasteiger partial charge in [-0.25, -0.2) is 0 Å². The fraction of sp³-hybridized carbons (Fsp3) is 0.750.